The number of H-pyrrole nitrogens is 2. The van der Waals surface area contributed by atoms with Crippen LogP contribution in [-0.4, -0.2) is 93.1 Å². The van der Waals surface area contributed by atoms with Crippen molar-refractivity contribution in [3.63, 3.8) is 0 Å². The molecule has 6 atom stereocenters. The number of benzene rings is 3. The Labute approximate surface area is 438 Å². The number of aromatic amines is 2. The lowest BCUT2D eigenvalue weighted by molar-refractivity contribution is -0.136. The summed E-state index contributed by atoms with van der Waals surface area (Å²) in [6, 6.07) is 24.6. The molecule has 4 N–H and O–H groups in total. The van der Waals surface area contributed by atoms with E-state index in [9.17, 15) is 19.2 Å². The maximum absolute atomic E-state index is 13.8. The van der Waals surface area contributed by atoms with Crippen molar-refractivity contribution in [2.45, 2.75) is 140 Å². The van der Waals surface area contributed by atoms with Crippen LogP contribution in [0.25, 0.3) is 22.5 Å². The summed E-state index contributed by atoms with van der Waals surface area (Å²) in [6.07, 6.45) is 10.0. The molecule has 3 aromatic carbocycles. The number of ether oxygens (including phenoxy) is 2. The van der Waals surface area contributed by atoms with Gasteiger partial charge in [-0.05, 0) is 97.9 Å². The zero-order valence-electron chi connectivity index (χ0n) is 42.8. The molecule has 4 fully saturated rings. The Bertz CT molecular complexity index is 2580. The van der Waals surface area contributed by atoms with Crippen molar-refractivity contribution in [3.05, 3.63) is 111 Å². The fourth-order valence-electron chi connectivity index (χ4n) is 11.7. The van der Waals surface area contributed by atoms with Crippen molar-refractivity contribution in [3.8, 4) is 22.5 Å². The van der Waals surface area contributed by atoms with E-state index in [4.69, 9.17) is 42.6 Å². The zero-order valence-corrected chi connectivity index (χ0v) is 44.3. The molecule has 1 saturated carbocycles. The first-order valence-electron chi connectivity index (χ1n) is 26.1. The molecule has 17 heteroatoms. The Hall–Kier alpha value is -6.06. The fraction of sp³-hybridized carbons (Fsp3) is 0.500. The van der Waals surface area contributed by atoms with Crippen LogP contribution in [0.1, 0.15) is 157 Å². The number of hydrogen-bond acceptors (Lipinski definition) is 9. The number of aromatic nitrogens is 4. The fourth-order valence-corrected chi connectivity index (χ4v) is 12.2. The number of carbonyl (C=O) groups excluding carboxylic acids is 4. The number of rotatable bonds is 14. The van der Waals surface area contributed by atoms with Crippen molar-refractivity contribution in [1.82, 2.24) is 40.4 Å². The van der Waals surface area contributed by atoms with Crippen LogP contribution in [0.4, 0.5) is 15.3 Å². The summed E-state index contributed by atoms with van der Waals surface area (Å²) in [5, 5.41) is 6.12. The number of imidazole rings is 2. The third kappa shape index (κ3) is 10.9. The molecule has 73 heavy (non-hydrogen) atoms. The molecule has 2 aromatic heterocycles. The third-order valence-corrected chi connectivity index (χ3v) is 16.2. The zero-order chi connectivity index (χ0) is 51.5. The molecule has 4 amide bonds. The molecule has 0 radical (unpaired) electrons. The lowest BCUT2D eigenvalue weighted by atomic mass is 9.84. The van der Waals surface area contributed by atoms with Gasteiger partial charge in [-0.3, -0.25) is 9.59 Å². The summed E-state index contributed by atoms with van der Waals surface area (Å²) in [5.41, 5.74) is 8.16. The number of methoxy groups -OCH3 is 2. The van der Waals surface area contributed by atoms with E-state index in [-0.39, 0.29) is 47.8 Å². The number of amides is 4. The molecule has 0 spiro atoms. The second-order valence-electron chi connectivity index (χ2n) is 20.9. The monoisotopic (exact) mass is 1030 g/mol. The Morgan fingerprint density at radius 1 is 0.548 bits per heavy atom. The Morgan fingerprint density at radius 2 is 0.959 bits per heavy atom. The smallest absolute Gasteiger partial charge is 0.407 e. The number of alkyl carbamates (subject to hydrolysis) is 2. The molecular formula is C56H69Cl2N9O6. The summed E-state index contributed by atoms with van der Waals surface area (Å²) in [5.74, 6) is 1.22. The van der Waals surface area contributed by atoms with E-state index in [1.54, 1.807) is 9.80 Å². The van der Waals surface area contributed by atoms with Crippen molar-refractivity contribution < 1.29 is 28.7 Å². The van der Waals surface area contributed by atoms with Gasteiger partial charge in [0.05, 0.1) is 49.8 Å². The van der Waals surface area contributed by atoms with Crippen LogP contribution in [0.2, 0.25) is 10.3 Å². The second-order valence-corrected chi connectivity index (χ2v) is 21.6. The Morgan fingerprint density at radius 3 is 1.36 bits per heavy atom. The molecule has 5 aromatic rings. The van der Waals surface area contributed by atoms with Crippen LogP contribution in [0.5, 0.6) is 0 Å². The van der Waals surface area contributed by atoms with Crippen LogP contribution < -0.4 is 15.5 Å². The van der Waals surface area contributed by atoms with Gasteiger partial charge >= 0.3 is 12.2 Å². The van der Waals surface area contributed by atoms with E-state index < -0.39 is 24.3 Å². The minimum Gasteiger partial charge on any atom is -0.453 e. The molecule has 388 valence electrons. The number of halogens is 2. The highest BCUT2D eigenvalue weighted by Gasteiger charge is 2.41. The van der Waals surface area contributed by atoms with Crippen LogP contribution in [-0.2, 0) is 19.1 Å². The van der Waals surface area contributed by atoms with Gasteiger partial charge in [0.15, 0.2) is 10.3 Å². The van der Waals surface area contributed by atoms with Gasteiger partial charge in [-0.2, -0.15) is 0 Å². The van der Waals surface area contributed by atoms with Crippen LogP contribution >= 0.6 is 23.2 Å². The summed E-state index contributed by atoms with van der Waals surface area (Å²) < 4.78 is 9.64. The summed E-state index contributed by atoms with van der Waals surface area (Å²) in [6.45, 7) is 8.70. The minimum absolute atomic E-state index is 0.0948. The molecule has 4 aliphatic rings. The second kappa shape index (κ2) is 22.6. The number of hydrogen-bond donors (Lipinski definition) is 4. The van der Waals surface area contributed by atoms with E-state index in [1.165, 1.54) is 68.7 Å². The van der Waals surface area contributed by atoms with Gasteiger partial charge in [-0.1, -0.05) is 131 Å². The SMILES string of the molecule is COC(=O)N[C@H](C(=O)N1CCC[C@H]1c1nc(Cl)c(-c2ccc([C@H]3CC[C@H](c4ccc(-c5[nH]c([C@@H]6CCCN6C(=O)[C@@H](NC(=O)OC)C(C)C)nc5Cl)cc4)N3c3ccc(C4CCCCC4)cc3)cc2)[nH]1)C(C)C. The van der Waals surface area contributed by atoms with E-state index in [2.05, 4.69) is 98.3 Å². The van der Waals surface area contributed by atoms with Crippen LogP contribution in [0, 0.1) is 11.8 Å². The van der Waals surface area contributed by atoms with Gasteiger partial charge in [-0.25, -0.2) is 19.6 Å². The lowest BCUT2D eigenvalue weighted by Crippen LogP contribution is -2.51. The van der Waals surface area contributed by atoms with Crippen molar-refractivity contribution in [2.75, 3.05) is 32.2 Å². The van der Waals surface area contributed by atoms with Crippen LogP contribution in [0.3, 0.4) is 0 Å². The first-order valence-corrected chi connectivity index (χ1v) is 26.9. The normalized spacial score (nSPS) is 21.2. The molecule has 1 aliphatic carbocycles. The van der Waals surface area contributed by atoms with E-state index in [1.807, 2.05) is 27.7 Å². The molecular weight excluding hydrogens is 966 g/mol. The molecule has 3 aliphatic heterocycles. The topological polar surface area (TPSA) is 178 Å². The van der Waals surface area contributed by atoms with Crippen LogP contribution in [0.15, 0.2) is 72.8 Å². The number of nitrogens with zero attached hydrogens (tertiary/aromatic N) is 5. The Balaban J connectivity index is 0.954. The first-order chi connectivity index (χ1) is 35.2. The lowest BCUT2D eigenvalue weighted by Gasteiger charge is -2.34. The van der Waals surface area contributed by atoms with Gasteiger partial charge < -0.3 is 44.8 Å². The van der Waals surface area contributed by atoms with E-state index >= 15 is 0 Å². The highest BCUT2D eigenvalue weighted by Crippen LogP contribution is 2.48. The third-order valence-electron chi connectivity index (χ3n) is 15.7. The number of likely N-dealkylation sites (tertiary alicyclic amines) is 2. The van der Waals surface area contributed by atoms with Gasteiger partial charge in [0, 0.05) is 29.9 Å². The number of anilines is 1. The average molecular weight is 1040 g/mol. The summed E-state index contributed by atoms with van der Waals surface area (Å²) >= 11 is 13.8. The van der Waals surface area contributed by atoms with Crippen molar-refractivity contribution in [1.29, 1.82) is 0 Å². The highest BCUT2D eigenvalue weighted by molar-refractivity contribution is 6.32. The molecule has 0 unspecified atom stereocenters. The molecule has 3 saturated heterocycles. The summed E-state index contributed by atoms with van der Waals surface area (Å²) in [7, 11) is 2.58. The summed E-state index contributed by atoms with van der Waals surface area (Å²) in [4.78, 5) is 74.6. The quantitative estimate of drug-likeness (QED) is 0.0842. The number of nitrogens with one attached hydrogen (secondary N) is 4. The predicted molar refractivity (Wildman–Crippen MR) is 283 cm³/mol. The van der Waals surface area contributed by atoms with Gasteiger partial charge in [0.2, 0.25) is 11.8 Å². The Kier molecular flexibility index (Phi) is 16.0. The highest BCUT2D eigenvalue weighted by atomic mass is 35.5. The first kappa shape index (κ1) is 51.8. The number of carbonyl (C=O) groups is 4. The van der Waals surface area contributed by atoms with E-state index in [0.29, 0.717) is 52.4 Å². The molecule has 15 nitrogen and oxygen atoms in total. The van der Waals surface area contributed by atoms with Gasteiger partial charge in [-0.15, -0.1) is 0 Å². The maximum atomic E-state index is 13.8. The molecule has 5 heterocycles. The molecule has 0 bridgehead atoms. The average Bonchev–Trinajstić information content (AvgIpc) is 4.28. The maximum Gasteiger partial charge on any atom is 0.407 e. The van der Waals surface area contributed by atoms with Crippen molar-refractivity contribution in [2.24, 2.45) is 11.8 Å². The minimum atomic E-state index is -0.734. The molecule has 9 rings (SSSR count). The largest absolute Gasteiger partial charge is 0.453 e. The van der Waals surface area contributed by atoms with Gasteiger partial charge in [0.25, 0.3) is 0 Å². The standard InChI is InChI=1S/C56H69Cl2N9O6/c1-32(2)45(61-55(70)72-5)53(68)65-30-10-14-43(65)51-59-47(49(57)63-51)38-20-16-36(17-21-38)41-28-29-42(67(41)40-26-24-35(25-27-40)34-12-8-7-9-13-34)37-18-22-39(23-19-37)48-50(58)64-52(60-48)44-15-11-31-66(44)54(69)46(33(3)4)62-56(71)73-6/h16-27,32-34,41-46H,7-15,28-31H2,1-6H3,(H,59,63)(H,60,64)(H,61,70)(H,62,71)/t41-,42-,43+,44+,45+,46+/m1/s1. The van der Waals surface area contributed by atoms with Crippen molar-refractivity contribution >= 4 is 52.9 Å². The van der Waals surface area contributed by atoms with E-state index in [0.717, 1.165) is 49.7 Å². The predicted octanol–water partition coefficient (Wildman–Crippen LogP) is 12.0. The van der Waals surface area contributed by atoms with Gasteiger partial charge in [0.1, 0.15) is 23.7 Å².